The van der Waals surface area contributed by atoms with Crippen LogP contribution in [0.2, 0.25) is 0 Å². The summed E-state index contributed by atoms with van der Waals surface area (Å²) < 4.78 is 48.2. The average molecular weight is 275 g/mol. The van der Waals surface area contributed by atoms with Crippen LogP contribution in [0.3, 0.4) is 0 Å². The molecule has 0 amide bonds. The Morgan fingerprint density at radius 3 is 1.00 bits per heavy atom. The minimum atomic E-state index is -2.86. The van der Waals surface area contributed by atoms with Crippen molar-refractivity contribution in [1.29, 1.82) is 0 Å². The van der Waals surface area contributed by atoms with E-state index in [-0.39, 0.29) is 27.3 Å². The van der Waals surface area contributed by atoms with Gasteiger partial charge < -0.3 is 18.2 Å². The average Bonchev–Trinajstić information content (AvgIpc) is 1.25. The minimum absolute atomic E-state index is 0. The van der Waals surface area contributed by atoms with Crippen LogP contribution in [0.5, 0.6) is 0 Å². The summed E-state index contributed by atoms with van der Waals surface area (Å²) in [5.74, 6) is 0. The molecule has 9 heavy (non-hydrogen) atoms. The van der Waals surface area contributed by atoms with Crippen molar-refractivity contribution >= 4 is 22.7 Å². The van der Waals surface area contributed by atoms with Crippen molar-refractivity contribution in [2.24, 2.45) is 0 Å². The molecule has 0 aliphatic rings. The Morgan fingerprint density at radius 2 is 1.00 bits per heavy atom. The molecule has 0 aliphatic heterocycles. The molecule has 9 heteroatoms. The summed E-state index contributed by atoms with van der Waals surface area (Å²) >= 11 is -5.72. The fourth-order valence-electron chi connectivity index (χ4n) is 0. The second-order valence-corrected chi connectivity index (χ2v) is 1.30. The van der Waals surface area contributed by atoms with Crippen LogP contribution in [0.25, 0.3) is 0 Å². The van der Waals surface area contributed by atoms with E-state index in [0.29, 0.717) is 0 Å². The van der Waals surface area contributed by atoms with Crippen LogP contribution >= 0.6 is 0 Å². The van der Waals surface area contributed by atoms with Gasteiger partial charge in [0.1, 0.15) is 0 Å². The zero-order valence-electron chi connectivity index (χ0n) is 4.05. The van der Waals surface area contributed by atoms with Gasteiger partial charge in [0.05, 0.1) is 22.7 Å². The van der Waals surface area contributed by atoms with E-state index in [1.807, 2.05) is 0 Å². The third-order valence-electron chi connectivity index (χ3n) is 0. The van der Waals surface area contributed by atoms with Gasteiger partial charge in [-0.3, -0.25) is 0 Å². The van der Waals surface area contributed by atoms with Gasteiger partial charge >= 0.3 is 27.3 Å². The second-order valence-electron chi connectivity index (χ2n) is 0.434. The van der Waals surface area contributed by atoms with Gasteiger partial charge in [-0.2, -0.15) is 0 Å². The van der Waals surface area contributed by atoms with Crippen LogP contribution in [-0.4, -0.2) is 26.6 Å². The van der Waals surface area contributed by atoms with Gasteiger partial charge in [-0.15, -0.1) is 0 Å². The topological polar surface area (TPSA) is 121 Å². The predicted molar refractivity (Wildman–Crippen MR) is 23.1 cm³/mol. The van der Waals surface area contributed by atoms with Crippen molar-refractivity contribution in [2.75, 3.05) is 0 Å². The van der Waals surface area contributed by atoms with Crippen LogP contribution in [-0.2, 0) is 50.0 Å². The second kappa shape index (κ2) is 11.8. The van der Waals surface area contributed by atoms with E-state index in [4.69, 9.17) is 26.6 Å². The smallest absolute Gasteiger partial charge is 0.750 e. The molecule has 0 fully saturated rings. The van der Waals surface area contributed by atoms with Crippen molar-refractivity contribution in [1.82, 2.24) is 0 Å². The van der Waals surface area contributed by atoms with E-state index >= 15 is 0 Å². The van der Waals surface area contributed by atoms with Crippen molar-refractivity contribution in [3.63, 3.8) is 0 Å². The fourth-order valence-corrected chi connectivity index (χ4v) is 0. The minimum Gasteiger partial charge on any atom is -0.750 e. The van der Waals surface area contributed by atoms with Crippen LogP contribution in [0, 0.1) is 0 Å². The Kier molecular flexibility index (Phi) is 21.7. The van der Waals surface area contributed by atoms with Crippen LogP contribution in [0.15, 0.2) is 0 Å². The molecule has 0 heterocycles. The molecule has 0 bridgehead atoms. The Hall–Kier alpha value is 1.06. The number of hydrogen-bond acceptors (Lipinski definition) is 4. The van der Waals surface area contributed by atoms with Gasteiger partial charge in [-0.1, -0.05) is 0 Å². The quantitative estimate of drug-likeness (QED) is 0.417. The summed E-state index contributed by atoms with van der Waals surface area (Å²) in [5.41, 5.74) is 0. The molecule has 0 aromatic heterocycles. The maximum absolute atomic E-state index is 8.56. The van der Waals surface area contributed by atoms with E-state index in [1.165, 1.54) is 0 Å². The summed E-state index contributed by atoms with van der Waals surface area (Å²) in [4.78, 5) is 0. The Labute approximate surface area is 76.4 Å². The van der Waals surface area contributed by atoms with Gasteiger partial charge in [0.15, 0.2) is 0 Å². The molecule has 2 atom stereocenters. The molecule has 0 rings (SSSR count). The monoisotopic (exact) mass is 276 g/mol. The fraction of sp³-hybridized carbons (Fsp3) is 0. The Morgan fingerprint density at radius 1 is 1.00 bits per heavy atom. The zero-order chi connectivity index (χ0) is 7.15. The van der Waals surface area contributed by atoms with Crippen molar-refractivity contribution in [3.05, 3.63) is 0 Å². The molecular formula is H2CdO6S2. The van der Waals surface area contributed by atoms with E-state index < -0.39 is 22.7 Å². The molecule has 0 saturated carbocycles. The van der Waals surface area contributed by atoms with E-state index in [1.54, 1.807) is 0 Å². The third-order valence-corrected chi connectivity index (χ3v) is 0. The zero-order valence-corrected chi connectivity index (χ0v) is 9.72. The van der Waals surface area contributed by atoms with Crippen LogP contribution in [0.1, 0.15) is 0 Å². The number of hydrogen-bond donors (Lipinski definition) is 2. The molecule has 6 nitrogen and oxygen atoms in total. The van der Waals surface area contributed by atoms with Gasteiger partial charge in [0, 0.05) is 0 Å². The third kappa shape index (κ3) is 401. The molecule has 2 N–H and O–H groups in total. The number of rotatable bonds is 0. The Bertz CT molecular complexity index is 69.1. The molecule has 0 saturated heterocycles. The summed E-state index contributed by atoms with van der Waals surface area (Å²) in [6.45, 7) is 0. The summed E-state index contributed by atoms with van der Waals surface area (Å²) in [6.07, 6.45) is 0. The van der Waals surface area contributed by atoms with E-state index in [2.05, 4.69) is 0 Å². The first-order valence-corrected chi connectivity index (χ1v) is 3.10. The molecule has 0 spiro atoms. The van der Waals surface area contributed by atoms with Crippen LogP contribution in [0.4, 0.5) is 0 Å². The van der Waals surface area contributed by atoms with Crippen molar-refractivity contribution in [3.8, 4) is 0 Å². The summed E-state index contributed by atoms with van der Waals surface area (Å²) in [6, 6.07) is 0. The first-order valence-electron chi connectivity index (χ1n) is 1.03. The van der Waals surface area contributed by atoms with Gasteiger partial charge in [-0.05, 0) is 0 Å². The van der Waals surface area contributed by atoms with Crippen LogP contribution < -0.4 is 0 Å². The first kappa shape index (κ1) is 16.6. The van der Waals surface area contributed by atoms with E-state index in [9.17, 15) is 0 Å². The molecular weight excluding hydrogens is 273 g/mol. The molecule has 0 aromatic rings. The maximum atomic E-state index is 8.56. The molecule has 52 valence electrons. The maximum Gasteiger partial charge on any atom is 2.00 e. The van der Waals surface area contributed by atoms with Gasteiger partial charge in [0.2, 0.25) is 0 Å². The predicted octanol–water partition coefficient (Wildman–Crippen LogP) is -1.33. The van der Waals surface area contributed by atoms with Gasteiger partial charge in [0.25, 0.3) is 0 Å². The largest absolute Gasteiger partial charge is 2.00 e. The first-order chi connectivity index (χ1) is 3.46. The standard InChI is InChI=1S/Cd.2H2O3S/c;2*1-4(2)3/h;2*(H2,1,2,3)/q+2;;/p-2. The molecule has 0 aliphatic carbocycles. The molecule has 0 radical (unpaired) electrons. The normalized spacial score (nSPS) is 13.8. The van der Waals surface area contributed by atoms with Gasteiger partial charge in [-0.25, -0.2) is 8.42 Å². The van der Waals surface area contributed by atoms with E-state index in [0.717, 1.165) is 0 Å². The van der Waals surface area contributed by atoms with Crippen molar-refractivity contribution in [2.45, 2.75) is 0 Å². The van der Waals surface area contributed by atoms with Crippen molar-refractivity contribution < 1.29 is 53.9 Å². The molecule has 0 aromatic carbocycles. The summed E-state index contributed by atoms with van der Waals surface area (Å²) in [5, 5.41) is 0. The summed E-state index contributed by atoms with van der Waals surface area (Å²) in [7, 11) is 0. The molecule has 2 unspecified atom stereocenters. The SMILES string of the molecule is O=S([O-])O.O=S([O-])O.[Cd+2]. The Balaban J connectivity index is -0.0000000720.